The summed E-state index contributed by atoms with van der Waals surface area (Å²) in [6.07, 6.45) is 1.08. The van der Waals surface area contributed by atoms with E-state index in [1.807, 2.05) is 0 Å². The third kappa shape index (κ3) is 6.25. The molecule has 1 N–H and O–H groups in total. The SMILES string of the molecule is C[C@@H](C(=O)NCCSCc1ccccc1F)N(c1ccccc1)S(C)(=O)=O. The van der Waals surface area contributed by atoms with Crippen molar-refractivity contribution in [2.75, 3.05) is 22.9 Å². The molecule has 27 heavy (non-hydrogen) atoms. The number of para-hydroxylation sites is 1. The van der Waals surface area contributed by atoms with Crippen molar-refractivity contribution in [2.45, 2.75) is 18.7 Å². The van der Waals surface area contributed by atoms with Gasteiger partial charge in [-0.2, -0.15) is 11.8 Å². The standard InChI is InChI=1S/C19H23FN2O3S2/c1-15(22(27(2,24)25)17-9-4-3-5-10-17)19(23)21-12-13-26-14-16-8-6-7-11-18(16)20/h3-11,15H,12-14H2,1-2H3,(H,21,23)/t15-/m0/s1. The molecule has 8 heteroatoms. The topological polar surface area (TPSA) is 66.5 Å². The summed E-state index contributed by atoms with van der Waals surface area (Å²) < 4.78 is 39.0. The first-order chi connectivity index (χ1) is 12.8. The number of halogens is 1. The van der Waals surface area contributed by atoms with Gasteiger partial charge >= 0.3 is 0 Å². The van der Waals surface area contributed by atoms with Gasteiger partial charge in [-0.05, 0) is 30.7 Å². The van der Waals surface area contributed by atoms with Crippen molar-refractivity contribution in [2.24, 2.45) is 0 Å². The summed E-state index contributed by atoms with van der Waals surface area (Å²) in [5, 5.41) is 2.75. The van der Waals surface area contributed by atoms with Crippen LogP contribution in [0.5, 0.6) is 0 Å². The minimum atomic E-state index is -3.61. The number of carbonyl (C=O) groups excluding carboxylic acids is 1. The van der Waals surface area contributed by atoms with Gasteiger partial charge in [0.1, 0.15) is 11.9 Å². The molecule has 1 amide bonds. The van der Waals surface area contributed by atoms with E-state index in [4.69, 9.17) is 0 Å². The number of sulfonamides is 1. The highest BCUT2D eigenvalue weighted by Gasteiger charge is 2.28. The smallest absolute Gasteiger partial charge is 0.243 e. The van der Waals surface area contributed by atoms with E-state index in [1.165, 1.54) is 17.8 Å². The Morgan fingerprint density at radius 3 is 2.41 bits per heavy atom. The average Bonchev–Trinajstić information content (AvgIpc) is 2.62. The van der Waals surface area contributed by atoms with Crippen LogP contribution in [0.2, 0.25) is 0 Å². The molecule has 2 aromatic rings. The van der Waals surface area contributed by atoms with Gasteiger partial charge in [-0.3, -0.25) is 9.10 Å². The lowest BCUT2D eigenvalue weighted by atomic mass is 10.2. The molecule has 146 valence electrons. The number of amides is 1. The van der Waals surface area contributed by atoms with Gasteiger partial charge in [0, 0.05) is 18.1 Å². The van der Waals surface area contributed by atoms with Crippen LogP contribution >= 0.6 is 11.8 Å². The summed E-state index contributed by atoms with van der Waals surface area (Å²) in [6, 6.07) is 14.2. The Kier molecular flexibility index (Phi) is 7.67. The normalized spacial score (nSPS) is 12.4. The molecule has 0 aromatic heterocycles. The van der Waals surface area contributed by atoms with Gasteiger partial charge in [0.2, 0.25) is 15.9 Å². The van der Waals surface area contributed by atoms with Crippen molar-refractivity contribution in [3.8, 4) is 0 Å². The van der Waals surface area contributed by atoms with E-state index < -0.39 is 16.1 Å². The van der Waals surface area contributed by atoms with Gasteiger partial charge in [0.25, 0.3) is 0 Å². The van der Waals surface area contributed by atoms with Crippen LogP contribution in [0, 0.1) is 5.82 Å². The molecule has 0 radical (unpaired) electrons. The van der Waals surface area contributed by atoms with Gasteiger partial charge < -0.3 is 5.32 Å². The maximum absolute atomic E-state index is 13.5. The summed E-state index contributed by atoms with van der Waals surface area (Å²) in [4.78, 5) is 12.4. The van der Waals surface area contributed by atoms with Crippen molar-refractivity contribution < 1.29 is 17.6 Å². The molecule has 0 heterocycles. The zero-order valence-corrected chi connectivity index (χ0v) is 16.9. The number of benzene rings is 2. The first-order valence-electron chi connectivity index (χ1n) is 8.44. The molecule has 0 aliphatic carbocycles. The fraction of sp³-hybridized carbons (Fsp3) is 0.316. The van der Waals surface area contributed by atoms with Crippen LogP contribution in [0.25, 0.3) is 0 Å². The van der Waals surface area contributed by atoms with E-state index >= 15 is 0 Å². The van der Waals surface area contributed by atoms with Crippen LogP contribution in [0.1, 0.15) is 12.5 Å². The molecular formula is C19H23FN2O3S2. The summed E-state index contributed by atoms with van der Waals surface area (Å²) in [5.74, 6) is 0.485. The van der Waals surface area contributed by atoms with E-state index in [-0.39, 0.29) is 11.7 Å². The van der Waals surface area contributed by atoms with Crippen molar-refractivity contribution in [1.82, 2.24) is 5.32 Å². The Balaban J connectivity index is 1.87. The fourth-order valence-corrected chi connectivity index (χ4v) is 4.59. The van der Waals surface area contributed by atoms with Crippen molar-refractivity contribution in [1.29, 1.82) is 0 Å². The molecule has 0 fully saturated rings. The van der Waals surface area contributed by atoms with Crippen LogP contribution in [0.15, 0.2) is 54.6 Å². The summed E-state index contributed by atoms with van der Waals surface area (Å²) in [7, 11) is -3.61. The maximum atomic E-state index is 13.5. The number of nitrogens with one attached hydrogen (secondary N) is 1. The van der Waals surface area contributed by atoms with E-state index in [2.05, 4.69) is 5.32 Å². The second-order valence-electron chi connectivity index (χ2n) is 6.01. The summed E-state index contributed by atoms with van der Waals surface area (Å²) >= 11 is 1.50. The quantitative estimate of drug-likeness (QED) is 0.646. The highest BCUT2D eigenvalue weighted by atomic mass is 32.2. The molecular weight excluding hydrogens is 387 g/mol. The fourth-order valence-electron chi connectivity index (χ4n) is 2.58. The second kappa shape index (κ2) is 9.75. The Morgan fingerprint density at radius 1 is 1.15 bits per heavy atom. The minimum absolute atomic E-state index is 0.241. The number of rotatable bonds is 9. The van der Waals surface area contributed by atoms with E-state index in [9.17, 15) is 17.6 Å². The van der Waals surface area contributed by atoms with Gasteiger partial charge in [-0.15, -0.1) is 0 Å². The maximum Gasteiger partial charge on any atom is 0.243 e. The zero-order chi connectivity index (χ0) is 19.9. The predicted molar refractivity (Wildman–Crippen MR) is 109 cm³/mol. The molecule has 2 aromatic carbocycles. The molecule has 0 saturated carbocycles. The molecule has 0 bridgehead atoms. The summed E-state index contributed by atoms with van der Waals surface area (Å²) in [5.41, 5.74) is 1.06. The molecule has 2 rings (SSSR count). The van der Waals surface area contributed by atoms with E-state index in [0.29, 0.717) is 29.3 Å². The highest BCUT2D eigenvalue weighted by molar-refractivity contribution is 7.98. The number of carbonyl (C=O) groups is 1. The first-order valence-corrected chi connectivity index (χ1v) is 11.4. The van der Waals surface area contributed by atoms with Gasteiger partial charge in [-0.1, -0.05) is 36.4 Å². The lowest BCUT2D eigenvalue weighted by Crippen LogP contribution is -2.48. The van der Waals surface area contributed by atoms with Crippen LogP contribution < -0.4 is 9.62 Å². The largest absolute Gasteiger partial charge is 0.353 e. The lowest BCUT2D eigenvalue weighted by Gasteiger charge is -2.28. The molecule has 0 spiro atoms. The predicted octanol–water partition coefficient (Wildman–Crippen LogP) is 3.03. The summed E-state index contributed by atoms with van der Waals surface area (Å²) in [6.45, 7) is 1.92. The van der Waals surface area contributed by atoms with E-state index in [1.54, 1.807) is 55.5 Å². The van der Waals surface area contributed by atoms with Gasteiger partial charge in [-0.25, -0.2) is 12.8 Å². The number of nitrogens with zero attached hydrogens (tertiary/aromatic N) is 1. The first kappa shape index (κ1) is 21.2. The third-order valence-electron chi connectivity index (χ3n) is 3.86. The van der Waals surface area contributed by atoms with Crippen LogP contribution in [-0.4, -0.2) is 38.9 Å². The van der Waals surface area contributed by atoms with E-state index in [0.717, 1.165) is 10.6 Å². The number of anilines is 1. The van der Waals surface area contributed by atoms with Gasteiger partial charge in [0.15, 0.2) is 0 Å². The number of thioether (sulfide) groups is 1. The molecule has 0 aliphatic heterocycles. The third-order valence-corrected chi connectivity index (χ3v) is 6.11. The molecule has 5 nitrogen and oxygen atoms in total. The number of hydrogen-bond donors (Lipinski definition) is 1. The van der Waals surface area contributed by atoms with Crippen molar-refractivity contribution in [3.63, 3.8) is 0 Å². The number of hydrogen-bond acceptors (Lipinski definition) is 4. The Morgan fingerprint density at radius 2 is 1.78 bits per heavy atom. The van der Waals surface area contributed by atoms with Crippen LogP contribution in [0.4, 0.5) is 10.1 Å². The monoisotopic (exact) mass is 410 g/mol. The minimum Gasteiger partial charge on any atom is -0.353 e. The molecule has 0 aliphatic rings. The Bertz CT molecular complexity index is 860. The molecule has 1 atom stereocenters. The van der Waals surface area contributed by atoms with Gasteiger partial charge in [0.05, 0.1) is 11.9 Å². The van der Waals surface area contributed by atoms with Crippen LogP contribution in [0.3, 0.4) is 0 Å². The molecule has 0 unspecified atom stereocenters. The average molecular weight is 411 g/mol. The van der Waals surface area contributed by atoms with Crippen molar-refractivity contribution >= 4 is 33.4 Å². The zero-order valence-electron chi connectivity index (χ0n) is 15.3. The molecule has 0 saturated heterocycles. The lowest BCUT2D eigenvalue weighted by molar-refractivity contribution is -0.121. The van der Waals surface area contributed by atoms with Crippen LogP contribution in [-0.2, 0) is 20.6 Å². The second-order valence-corrected chi connectivity index (χ2v) is 8.97. The Hall–Kier alpha value is -2.06. The Labute approximate surface area is 164 Å². The highest BCUT2D eigenvalue weighted by Crippen LogP contribution is 2.20. The van der Waals surface area contributed by atoms with Crippen molar-refractivity contribution in [3.05, 3.63) is 66.0 Å².